The van der Waals surface area contributed by atoms with Crippen LogP contribution in [-0.2, 0) is 16.2 Å². The summed E-state index contributed by atoms with van der Waals surface area (Å²) in [5, 5.41) is 20.4. The van der Waals surface area contributed by atoms with Crippen molar-refractivity contribution in [3.63, 3.8) is 0 Å². The van der Waals surface area contributed by atoms with Gasteiger partial charge in [-0.05, 0) is 56.2 Å². The lowest BCUT2D eigenvalue weighted by molar-refractivity contribution is -0.132. The number of aliphatic hydroxyl groups excluding tert-OH is 1. The number of benzene rings is 3. The number of Topliss-reactive ketones (excluding diaryl/α,β-unsaturated/α-hetero) is 1. The van der Waals surface area contributed by atoms with E-state index >= 15 is 0 Å². The molecule has 1 aliphatic rings. The Morgan fingerprint density at radius 2 is 1.68 bits per heavy atom. The molecule has 1 saturated heterocycles. The van der Waals surface area contributed by atoms with Crippen LogP contribution in [0.5, 0.6) is 5.75 Å². The number of aromatic nitrogens is 2. The molecule has 5 rings (SSSR count). The molecule has 1 fully saturated rings. The predicted molar refractivity (Wildman–Crippen MR) is 143 cm³/mol. The lowest BCUT2D eigenvalue weighted by Crippen LogP contribution is -2.29. The smallest absolute Gasteiger partial charge is 0.301 e. The van der Waals surface area contributed by atoms with Gasteiger partial charge in [-0.2, -0.15) is 0 Å². The van der Waals surface area contributed by atoms with Crippen molar-refractivity contribution < 1.29 is 19.4 Å². The van der Waals surface area contributed by atoms with Crippen LogP contribution in [-0.4, -0.2) is 27.0 Å². The Morgan fingerprint density at radius 1 is 0.946 bits per heavy atom. The number of hydrogen-bond donors (Lipinski definition) is 1. The number of carbonyl (C=O) groups is 2. The number of ketones is 1. The fourth-order valence-corrected chi connectivity index (χ4v) is 5.02. The SMILES string of the molecule is Cc1ccc(C2/C(=C(\O)c3ccc(OCc4cccc(C)c4)cc3)C(=O)C(=O)N2c2nnc(C)s2)cc1. The van der Waals surface area contributed by atoms with Crippen LogP contribution in [0.2, 0.25) is 0 Å². The lowest BCUT2D eigenvalue weighted by atomic mass is 9.95. The summed E-state index contributed by atoms with van der Waals surface area (Å²) in [5.41, 5.74) is 4.36. The summed E-state index contributed by atoms with van der Waals surface area (Å²) < 4.78 is 5.88. The van der Waals surface area contributed by atoms with E-state index in [0.29, 0.717) is 33.6 Å². The van der Waals surface area contributed by atoms with Gasteiger partial charge in [-0.3, -0.25) is 14.5 Å². The quantitative estimate of drug-likeness (QED) is 0.204. The number of aliphatic hydroxyl groups is 1. The molecule has 1 unspecified atom stereocenters. The van der Waals surface area contributed by atoms with Gasteiger partial charge in [-0.15, -0.1) is 10.2 Å². The first-order chi connectivity index (χ1) is 17.8. The summed E-state index contributed by atoms with van der Waals surface area (Å²) in [6.07, 6.45) is 0. The summed E-state index contributed by atoms with van der Waals surface area (Å²) in [7, 11) is 0. The molecule has 8 heteroatoms. The zero-order valence-corrected chi connectivity index (χ0v) is 21.5. The largest absolute Gasteiger partial charge is 0.507 e. The summed E-state index contributed by atoms with van der Waals surface area (Å²) in [4.78, 5) is 27.7. The van der Waals surface area contributed by atoms with E-state index in [1.807, 2.05) is 56.3 Å². The monoisotopic (exact) mass is 511 g/mol. The average molecular weight is 512 g/mol. The highest BCUT2D eigenvalue weighted by Crippen LogP contribution is 2.43. The highest BCUT2D eigenvalue weighted by Gasteiger charge is 2.48. The number of amides is 1. The van der Waals surface area contributed by atoms with E-state index in [-0.39, 0.29) is 11.3 Å². The minimum atomic E-state index is -0.829. The number of anilines is 1. The van der Waals surface area contributed by atoms with Gasteiger partial charge in [-0.1, -0.05) is 71.0 Å². The summed E-state index contributed by atoms with van der Waals surface area (Å²) in [6, 6.07) is 21.6. The molecule has 4 aromatic rings. The molecule has 1 aliphatic heterocycles. The van der Waals surface area contributed by atoms with Gasteiger partial charge in [-0.25, -0.2) is 0 Å². The molecule has 37 heavy (non-hydrogen) atoms. The van der Waals surface area contributed by atoms with Gasteiger partial charge < -0.3 is 9.84 Å². The van der Waals surface area contributed by atoms with E-state index in [0.717, 1.165) is 16.7 Å². The molecule has 7 nitrogen and oxygen atoms in total. The number of rotatable bonds is 6. The predicted octanol–water partition coefficient (Wildman–Crippen LogP) is 5.67. The Morgan fingerprint density at radius 3 is 2.32 bits per heavy atom. The first kappa shape index (κ1) is 24.4. The van der Waals surface area contributed by atoms with Crippen LogP contribution in [0.1, 0.15) is 38.9 Å². The van der Waals surface area contributed by atoms with Crippen LogP contribution in [0.4, 0.5) is 5.13 Å². The van der Waals surface area contributed by atoms with Gasteiger partial charge in [0.15, 0.2) is 0 Å². The molecule has 1 N–H and O–H groups in total. The fourth-order valence-electron chi connectivity index (χ4n) is 4.31. The van der Waals surface area contributed by atoms with Crippen LogP contribution in [0.3, 0.4) is 0 Å². The molecular formula is C29H25N3O4S. The maximum atomic E-state index is 13.2. The standard InChI is InChI=1S/C29H25N3O4S/c1-17-7-9-21(10-8-17)25-24(27(34)28(35)32(25)29-31-30-19(3)37-29)26(33)22-11-13-23(14-12-22)36-16-20-6-4-5-18(2)15-20/h4-15,25,33H,16H2,1-3H3/b26-24+. The zero-order chi connectivity index (χ0) is 26.1. The molecule has 0 bridgehead atoms. The molecule has 1 amide bonds. The van der Waals surface area contributed by atoms with E-state index in [9.17, 15) is 14.7 Å². The Balaban J connectivity index is 1.50. The lowest BCUT2D eigenvalue weighted by Gasteiger charge is -2.22. The summed E-state index contributed by atoms with van der Waals surface area (Å²) in [6.45, 7) is 6.17. The molecule has 1 aromatic heterocycles. The number of ether oxygens (including phenoxy) is 1. The van der Waals surface area contributed by atoms with E-state index in [2.05, 4.69) is 16.3 Å². The third-order valence-electron chi connectivity index (χ3n) is 6.17. The van der Waals surface area contributed by atoms with Crippen LogP contribution in [0.15, 0.2) is 78.4 Å². The Kier molecular flexibility index (Phi) is 6.58. The molecule has 186 valence electrons. The van der Waals surface area contributed by atoms with Crippen LogP contribution in [0.25, 0.3) is 5.76 Å². The maximum Gasteiger partial charge on any atom is 0.301 e. The maximum absolute atomic E-state index is 13.2. The first-order valence-electron chi connectivity index (χ1n) is 11.8. The summed E-state index contributed by atoms with van der Waals surface area (Å²) in [5.74, 6) is -1.15. The van der Waals surface area contributed by atoms with Gasteiger partial charge in [0, 0.05) is 5.56 Å². The second-order valence-corrected chi connectivity index (χ2v) is 10.1. The molecule has 0 spiro atoms. The highest BCUT2D eigenvalue weighted by atomic mass is 32.1. The number of hydrogen-bond acceptors (Lipinski definition) is 7. The van der Waals surface area contributed by atoms with Gasteiger partial charge in [0.05, 0.1) is 11.6 Å². The van der Waals surface area contributed by atoms with Crippen molar-refractivity contribution >= 4 is 33.9 Å². The van der Waals surface area contributed by atoms with Gasteiger partial charge in [0.2, 0.25) is 5.13 Å². The topological polar surface area (TPSA) is 92.6 Å². The number of nitrogens with zero attached hydrogens (tertiary/aromatic N) is 3. The van der Waals surface area contributed by atoms with E-state index in [1.54, 1.807) is 31.2 Å². The van der Waals surface area contributed by atoms with Crippen molar-refractivity contribution in [2.45, 2.75) is 33.4 Å². The molecule has 0 saturated carbocycles. The average Bonchev–Trinajstić information content (AvgIpc) is 3.43. The van der Waals surface area contributed by atoms with E-state index in [4.69, 9.17) is 4.74 Å². The second kappa shape index (κ2) is 9.99. The zero-order valence-electron chi connectivity index (χ0n) is 20.6. The number of aryl methyl sites for hydroxylation is 3. The third-order valence-corrected chi connectivity index (χ3v) is 7.01. The van der Waals surface area contributed by atoms with Crippen molar-refractivity contribution in [2.24, 2.45) is 0 Å². The minimum Gasteiger partial charge on any atom is -0.507 e. The molecule has 0 aliphatic carbocycles. The molecule has 0 radical (unpaired) electrons. The van der Waals surface area contributed by atoms with Crippen molar-refractivity contribution in [1.82, 2.24) is 10.2 Å². The molecular weight excluding hydrogens is 486 g/mol. The molecule has 1 atom stereocenters. The van der Waals surface area contributed by atoms with Crippen LogP contribution in [0, 0.1) is 20.8 Å². The Labute approximate surface area is 218 Å². The fraction of sp³-hybridized carbons (Fsp3) is 0.172. The van der Waals surface area contributed by atoms with Crippen molar-refractivity contribution in [3.8, 4) is 5.75 Å². The highest BCUT2D eigenvalue weighted by molar-refractivity contribution is 7.15. The Bertz CT molecular complexity index is 1510. The van der Waals surface area contributed by atoms with Crippen LogP contribution >= 0.6 is 11.3 Å². The first-order valence-corrected chi connectivity index (χ1v) is 12.6. The van der Waals surface area contributed by atoms with E-state index < -0.39 is 17.7 Å². The molecule has 2 heterocycles. The van der Waals surface area contributed by atoms with Crippen molar-refractivity contribution in [3.05, 3.63) is 111 Å². The minimum absolute atomic E-state index is 0.00938. The van der Waals surface area contributed by atoms with Crippen molar-refractivity contribution in [1.29, 1.82) is 0 Å². The van der Waals surface area contributed by atoms with Gasteiger partial charge in [0.1, 0.15) is 23.1 Å². The van der Waals surface area contributed by atoms with E-state index in [1.165, 1.54) is 16.2 Å². The molecule has 3 aromatic carbocycles. The summed E-state index contributed by atoms with van der Waals surface area (Å²) >= 11 is 1.22. The Hall–Kier alpha value is -4.30. The third kappa shape index (κ3) is 4.88. The van der Waals surface area contributed by atoms with Crippen molar-refractivity contribution in [2.75, 3.05) is 4.90 Å². The van der Waals surface area contributed by atoms with Gasteiger partial charge >= 0.3 is 5.91 Å². The van der Waals surface area contributed by atoms with Gasteiger partial charge in [0.25, 0.3) is 5.78 Å². The van der Waals surface area contributed by atoms with Crippen LogP contribution < -0.4 is 9.64 Å². The number of carbonyl (C=O) groups excluding carboxylic acids is 2. The second-order valence-electron chi connectivity index (χ2n) is 8.99. The normalized spacial score (nSPS) is 16.8.